The first-order valence-corrected chi connectivity index (χ1v) is 21.9. The molecule has 4 heterocycles. The zero-order valence-electron chi connectivity index (χ0n) is 30.1. The summed E-state index contributed by atoms with van der Waals surface area (Å²) in [4.78, 5) is 29.8. The fourth-order valence-electron chi connectivity index (χ4n) is 8.54. The SMILES string of the molecule is C[C@H]1[C@H]([Si](C)(C)F)[C@@H](CCn2cc(C(CO)c3ccccc3)nn2)O[C@]12C(=O)N(Cc1ccc(-n3ncc4ccccc4c3=O)cc1)c1ccc(Br)cc12. The summed E-state index contributed by atoms with van der Waals surface area (Å²) < 4.78 is 27.3. The first-order chi connectivity index (χ1) is 26.0. The highest BCUT2D eigenvalue weighted by Crippen LogP contribution is 2.60. The summed E-state index contributed by atoms with van der Waals surface area (Å²) in [6, 6.07) is 30.2. The average Bonchev–Trinajstić information content (AvgIpc) is 3.82. The zero-order valence-corrected chi connectivity index (χ0v) is 32.7. The summed E-state index contributed by atoms with van der Waals surface area (Å²) in [5, 5.41) is 24.6. The van der Waals surface area contributed by atoms with Crippen molar-refractivity contribution in [3.05, 3.63) is 147 Å². The second-order valence-corrected chi connectivity index (χ2v) is 19.5. The van der Waals surface area contributed by atoms with Crippen molar-refractivity contribution < 1.29 is 18.7 Å². The molecule has 1 unspecified atom stereocenters. The van der Waals surface area contributed by atoms with Crippen LogP contribution in [0.2, 0.25) is 18.6 Å². The molecule has 6 aromatic rings. The van der Waals surface area contributed by atoms with Crippen LogP contribution in [-0.4, -0.2) is 56.9 Å². The Kier molecular flexibility index (Phi) is 9.45. The van der Waals surface area contributed by atoms with E-state index in [1.54, 1.807) is 34.9 Å². The fraction of sp³-hybridized carbons (Fsp3) is 0.293. The standard InChI is InChI=1S/C41H40BrFN6O4Si/c1-26-38(54(2,3)43)37(19-20-47-24-35(45-46-47)33(25-50)28-9-5-4-6-10-28)53-41(26)34-21-30(42)15-18-36(34)48(40(41)52)23-27-13-16-31(17-14-27)49-39(51)32-12-8-7-11-29(32)22-44-49/h4-18,21-22,24,26,33,37-38,50H,19-20,23,25H2,1-3H3/t26-,33?,37+,38-,41+/m0/s1. The fourth-order valence-corrected chi connectivity index (χ4v) is 11.4. The van der Waals surface area contributed by atoms with Gasteiger partial charge in [0.15, 0.2) is 5.60 Å². The molecule has 2 aliphatic heterocycles. The molecular weight excluding hydrogens is 767 g/mol. The Morgan fingerprint density at radius 1 is 1.00 bits per heavy atom. The summed E-state index contributed by atoms with van der Waals surface area (Å²) >= 11 is 3.62. The number of amides is 1. The Balaban J connectivity index is 1.07. The minimum absolute atomic E-state index is 0.113. The number of anilines is 1. The molecule has 1 amide bonds. The number of aromatic nitrogens is 5. The van der Waals surface area contributed by atoms with Crippen molar-refractivity contribution in [3.63, 3.8) is 0 Å². The van der Waals surface area contributed by atoms with Crippen LogP contribution in [0.5, 0.6) is 0 Å². The minimum atomic E-state index is -3.39. The Morgan fingerprint density at radius 2 is 1.74 bits per heavy atom. The van der Waals surface area contributed by atoms with E-state index in [2.05, 4.69) is 31.3 Å². The number of aliphatic hydroxyl groups excluding tert-OH is 1. The number of ether oxygens (including phenoxy) is 1. The van der Waals surface area contributed by atoms with Gasteiger partial charge in [-0.1, -0.05) is 88.7 Å². The van der Waals surface area contributed by atoms with E-state index in [9.17, 15) is 14.7 Å². The third kappa shape index (κ3) is 6.22. The third-order valence-corrected chi connectivity index (χ3v) is 14.0. The number of nitrogens with zero attached hydrogens (tertiary/aromatic N) is 6. The number of halogens is 2. The Labute approximate surface area is 321 Å². The summed E-state index contributed by atoms with van der Waals surface area (Å²) in [5.41, 5.74) is 2.43. The van der Waals surface area contributed by atoms with Gasteiger partial charge in [0.25, 0.3) is 11.5 Å². The molecule has 2 aliphatic rings. The van der Waals surface area contributed by atoms with E-state index in [0.29, 0.717) is 29.7 Å². The van der Waals surface area contributed by atoms with Gasteiger partial charge in [-0.05, 0) is 67.0 Å². The molecule has 276 valence electrons. The van der Waals surface area contributed by atoms with Gasteiger partial charge in [-0.25, -0.2) is 0 Å². The minimum Gasteiger partial charge on any atom is -0.395 e. The van der Waals surface area contributed by atoms with Gasteiger partial charge in [0.2, 0.25) is 8.41 Å². The van der Waals surface area contributed by atoms with Crippen molar-refractivity contribution >= 4 is 46.7 Å². The molecule has 1 spiro atoms. The summed E-state index contributed by atoms with van der Waals surface area (Å²) in [5.74, 6) is -0.986. The molecule has 1 fully saturated rings. The van der Waals surface area contributed by atoms with Crippen LogP contribution in [0.25, 0.3) is 16.5 Å². The van der Waals surface area contributed by atoms with Gasteiger partial charge in [-0.2, -0.15) is 9.78 Å². The number of carbonyl (C=O) groups excluding carboxylic acids is 1. The van der Waals surface area contributed by atoms with Crippen LogP contribution in [0.1, 0.15) is 41.6 Å². The monoisotopic (exact) mass is 806 g/mol. The molecule has 4 aromatic carbocycles. The molecular formula is C41H40BrFN6O4Si. The number of aliphatic hydroxyl groups is 1. The predicted octanol–water partition coefficient (Wildman–Crippen LogP) is 7.28. The first-order valence-electron chi connectivity index (χ1n) is 18.1. The molecule has 13 heteroatoms. The average molecular weight is 808 g/mol. The highest BCUT2D eigenvalue weighted by Gasteiger charge is 2.66. The number of carbonyl (C=O) groups is 1. The molecule has 10 nitrogen and oxygen atoms in total. The number of fused-ring (bicyclic) bond motifs is 3. The van der Waals surface area contributed by atoms with Crippen LogP contribution >= 0.6 is 15.9 Å². The lowest BCUT2D eigenvalue weighted by Gasteiger charge is -2.31. The molecule has 1 N–H and O–H groups in total. The highest BCUT2D eigenvalue weighted by atomic mass is 79.9. The van der Waals surface area contributed by atoms with Crippen LogP contribution in [-0.2, 0) is 28.2 Å². The largest absolute Gasteiger partial charge is 0.395 e. The van der Waals surface area contributed by atoms with Gasteiger partial charge in [0, 0.05) is 39.6 Å². The van der Waals surface area contributed by atoms with Gasteiger partial charge in [0.1, 0.15) is 0 Å². The molecule has 0 aliphatic carbocycles. The summed E-state index contributed by atoms with van der Waals surface area (Å²) in [6.07, 6.45) is 3.37. The number of rotatable bonds is 10. The van der Waals surface area contributed by atoms with Crippen LogP contribution in [0, 0.1) is 5.92 Å². The van der Waals surface area contributed by atoms with Crippen LogP contribution in [0.3, 0.4) is 0 Å². The first kappa shape index (κ1) is 36.2. The predicted molar refractivity (Wildman–Crippen MR) is 211 cm³/mol. The van der Waals surface area contributed by atoms with E-state index in [1.165, 1.54) is 4.68 Å². The van der Waals surface area contributed by atoms with Crippen molar-refractivity contribution in [2.24, 2.45) is 5.92 Å². The Morgan fingerprint density at radius 3 is 2.48 bits per heavy atom. The van der Waals surface area contributed by atoms with Gasteiger partial charge >= 0.3 is 0 Å². The molecule has 0 bridgehead atoms. The number of hydrogen-bond donors (Lipinski definition) is 1. The number of aryl methyl sites for hydroxylation is 1. The maximum atomic E-state index is 16.5. The van der Waals surface area contributed by atoms with Gasteiger partial charge < -0.3 is 18.9 Å². The number of hydrogen-bond acceptors (Lipinski definition) is 7. The van der Waals surface area contributed by atoms with Crippen molar-refractivity contribution in [1.82, 2.24) is 24.8 Å². The second kappa shape index (κ2) is 14.1. The second-order valence-electron chi connectivity index (χ2n) is 14.8. The quantitative estimate of drug-likeness (QED) is 0.114. The lowest BCUT2D eigenvalue weighted by Crippen LogP contribution is -2.45. The third-order valence-electron chi connectivity index (χ3n) is 11.1. The van der Waals surface area contributed by atoms with Crippen molar-refractivity contribution in [2.45, 2.75) is 62.7 Å². The van der Waals surface area contributed by atoms with Gasteiger partial charge in [-0.15, -0.1) is 5.10 Å². The van der Waals surface area contributed by atoms with Crippen LogP contribution in [0.4, 0.5) is 9.80 Å². The molecule has 0 saturated carbocycles. The molecule has 54 heavy (non-hydrogen) atoms. The molecule has 2 aromatic heterocycles. The highest BCUT2D eigenvalue weighted by molar-refractivity contribution is 9.10. The van der Waals surface area contributed by atoms with E-state index in [1.807, 2.05) is 104 Å². The van der Waals surface area contributed by atoms with E-state index in [0.717, 1.165) is 32.2 Å². The van der Waals surface area contributed by atoms with E-state index in [-0.39, 0.29) is 30.5 Å². The Bertz CT molecular complexity index is 2400. The smallest absolute Gasteiger partial charge is 0.279 e. The van der Waals surface area contributed by atoms with Crippen molar-refractivity contribution in [2.75, 3.05) is 11.5 Å². The van der Waals surface area contributed by atoms with E-state index < -0.39 is 31.6 Å². The Hall–Kier alpha value is -4.82. The van der Waals surface area contributed by atoms with Gasteiger partial charge in [-0.3, -0.25) is 14.3 Å². The van der Waals surface area contributed by atoms with E-state index >= 15 is 4.11 Å². The van der Waals surface area contributed by atoms with Crippen LogP contribution in [0.15, 0.2) is 119 Å². The molecule has 0 radical (unpaired) electrons. The molecule has 8 rings (SSSR count). The van der Waals surface area contributed by atoms with Crippen LogP contribution < -0.4 is 10.5 Å². The maximum absolute atomic E-state index is 16.5. The summed E-state index contributed by atoms with van der Waals surface area (Å²) in [6.45, 7) is 5.88. The topological polar surface area (TPSA) is 115 Å². The number of benzene rings is 4. The van der Waals surface area contributed by atoms with Crippen molar-refractivity contribution in [1.29, 1.82) is 0 Å². The van der Waals surface area contributed by atoms with Crippen molar-refractivity contribution in [3.8, 4) is 5.69 Å². The van der Waals surface area contributed by atoms with Gasteiger partial charge in [0.05, 0.1) is 53.8 Å². The normalized spacial score (nSPS) is 21.6. The molecule has 5 atom stereocenters. The maximum Gasteiger partial charge on any atom is 0.279 e. The summed E-state index contributed by atoms with van der Waals surface area (Å²) in [7, 11) is -3.39. The van der Waals surface area contributed by atoms with E-state index in [4.69, 9.17) is 4.74 Å². The lowest BCUT2D eigenvalue weighted by molar-refractivity contribution is -0.146. The zero-order chi connectivity index (χ0) is 37.8. The molecule has 1 saturated heterocycles. The lowest BCUT2D eigenvalue weighted by atomic mass is 9.82.